The number of anilines is 6. The van der Waals surface area contributed by atoms with E-state index in [4.69, 9.17) is 22.9 Å². The molecular weight excluding hydrogens is 1050 g/mol. The number of benzene rings is 8. The Bertz CT molecular complexity index is 3990. The number of rotatable bonds is 13. The van der Waals surface area contributed by atoms with E-state index in [1.54, 1.807) is 18.2 Å². The van der Waals surface area contributed by atoms with Gasteiger partial charge in [0.2, 0.25) is 0 Å². The Hall–Kier alpha value is -5.99. The Kier molecular flexibility index (Phi) is 18.9. The average molecular weight is 1080 g/mol. The van der Waals surface area contributed by atoms with Gasteiger partial charge < -0.3 is 43.0 Å². The third-order valence-electron chi connectivity index (χ3n) is 10.1. The van der Waals surface area contributed by atoms with E-state index in [0.29, 0.717) is 17.1 Å². The van der Waals surface area contributed by atoms with Gasteiger partial charge in [-0.25, -0.2) is 8.42 Å². The predicted molar refractivity (Wildman–Crippen MR) is 258 cm³/mol. The van der Waals surface area contributed by atoms with Crippen LogP contribution in [0.3, 0.4) is 0 Å². The summed E-state index contributed by atoms with van der Waals surface area (Å²) < 4.78 is 107. The van der Waals surface area contributed by atoms with Gasteiger partial charge in [-0.15, -0.1) is 20.5 Å². The Morgan fingerprint density at radius 3 is 1.24 bits per heavy atom. The van der Waals surface area contributed by atoms with E-state index in [1.165, 1.54) is 84.9 Å². The molecular formula is C44H32N13Na3O11S3. The van der Waals surface area contributed by atoms with Gasteiger partial charge in [-0.3, -0.25) is 9.11 Å². The molecule has 0 aliphatic carbocycles. The van der Waals surface area contributed by atoms with Crippen molar-refractivity contribution in [2.24, 2.45) is 40.9 Å². The maximum atomic E-state index is 13.6. The summed E-state index contributed by atoms with van der Waals surface area (Å²) in [6.07, 6.45) is 0. The van der Waals surface area contributed by atoms with E-state index < -0.39 is 67.9 Å². The molecule has 0 saturated heterocycles. The fourth-order valence-corrected chi connectivity index (χ4v) is 8.74. The van der Waals surface area contributed by atoms with Crippen molar-refractivity contribution in [1.82, 2.24) is 0 Å². The standard InChI is InChI=1S/C44H35N13O11S3.3Na/c45-24-1-12-35(33(47)19-24)54-51-28-7-10-31-22(15-28)17-39(70(63,64)65)41(43(31)58)56-50-27-5-3-26(4-6-27)49-37-14-9-30(21-38(37)69(60,61)62)53-57-42-40(71(66,67)68)18-23-16-29(8-11-32(23)44(42)59)52-55-36-13-2-25(46)20-34(36)48;;;/h1-21,49,58-59H,45-48H2,(H,60,61,62)(H,63,64,65)(H,66,67,68);;;/q;3*+1/p-3. The van der Waals surface area contributed by atoms with Gasteiger partial charge in [-0.1, -0.05) is 23.6 Å². The summed E-state index contributed by atoms with van der Waals surface area (Å²) in [6.45, 7) is 0. The molecule has 8 aromatic rings. The first kappa shape index (κ1) is 58.9. The van der Waals surface area contributed by atoms with Crippen LogP contribution in [0.1, 0.15) is 0 Å². The minimum absolute atomic E-state index is 0. The summed E-state index contributed by atoms with van der Waals surface area (Å²) in [5, 5.41) is 61.5. The number of nitrogens with one attached hydrogen (secondary N) is 1. The second-order valence-electron chi connectivity index (χ2n) is 15.1. The van der Waals surface area contributed by atoms with Crippen LogP contribution in [0, 0.1) is 0 Å². The molecule has 0 radical (unpaired) electrons. The quantitative estimate of drug-likeness (QED) is 0.0353. The number of hydrogen-bond donors (Lipinski definition) is 7. The zero-order valence-corrected chi connectivity index (χ0v) is 47.3. The van der Waals surface area contributed by atoms with Gasteiger partial charge in [0.25, 0.3) is 20.2 Å². The molecule has 360 valence electrons. The fraction of sp³-hybridized carbons (Fsp3) is 0. The molecule has 0 heterocycles. The molecule has 0 spiro atoms. The number of hydrogen-bond acceptors (Lipinski definition) is 22. The molecule has 0 amide bonds. The number of nitrogens with zero attached hydrogens (tertiary/aromatic N) is 8. The van der Waals surface area contributed by atoms with E-state index in [1.807, 2.05) is 0 Å². The van der Waals surface area contributed by atoms with Crippen molar-refractivity contribution in [3.05, 3.63) is 127 Å². The summed E-state index contributed by atoms with van der Waals surface area (Å²) >= 11 is 0. The molecule has 8 rings (SSSR count). The summed E-state index contributed by atoms with van der Waals surface area (Å²) in [5.74, 6) is -1.87. The molecule has 8 aromatic carbocycles. The smallest absolute Gasteiger partial charge is 0.871 e. The van der Waals surface area contributed by atoms with Gasteiger partial charge >= 0.3 is 88.7 Å². The van der Waals surface area contributed by atoms with E-state index >= 15 is 0 Å². The van der Waals surface area contributed by atoms with E-state index in [9.17, 15) is 49.1 Å². The Morgan fingerprint density at radius 1 is 0.432 bits per heavy atom. The molecule has 0 aromatic heterocycles. The molecule has 0 bridgehead atoms. The number of nitrogens with two attached hydrogens (primary N) is 4. The van der Waals surface area contributed by atoms with Crippen molar-refractivity contribution < 1.29 is 138 Å². The average Bonchev–Trinajstić information content (AvgIpc) is 3.30. The van der Waals surface area contributed by atoms with Crippen molar-refractivity contribution >= 4 is 132 Å². The topological polar surface area (TPSA) is 427 Å². The van der Waals surface area contributed by atoms with Crippen molar-refractivity contribution in [2.75, 3.05) is 28.3 Å². The minimum atomic E-state index is -5.25. The Labute approximate surface area is 486 Å². The van der Waals surface area contributed by atoms with E-state index in [-0.39, 0.29) is 161 Å². The second-order valence-corrected chi connectivity index (χ2v) is 19.2. The summed E-state index contributed by atoms with van der Waals surface area (Å²) in [4.78, 5) is -2.62. The monoisotopic (exact) mass is 1080 g/mol. The van der Waals surface area contributed by atoms with Crippen LogP contribution in [0.2, 0.25) is 0 Å². The van der Waals surface area contributed by atoms with Crippen molar-refractivity contribution in [2.45, 2.75) is 14.7 Å². The van der Waals surface area contributed by atoms with Gasteiger partial charge in [0, 0.05) is 17.1 Å². The van der Waals surface area contributed by atoms with Crippen molar-refractivity contribution in [1.29, 1.82) is 0 Å². The summed E-state index contributed by atoms with van der Waals surface area (Å²) in [7, 11) is -15.4. The van der Waals surface area contributed by atoms with Gasteiger partial charge in [-0.2, -0.15) is 37.3 Å². The van der Waals surface area contributed by atoms with Crippen LogP contribution in [0.15, 0.2) is 183 Å². The number of azo groups is 4. The predicted octanol–water partition coefficient (Wildman–Crippen LogP) is 0.284. The second kappa shape index (κ2) is 23.7. The first-order chi connectivity index (χ1) is 33.5. The van der Waals surface area contributed by atoms with Crippen LogP contribution in [-0.4, -0.2) is 38.9 Å². The minimum Gasteiger partial charge on any atom is -0.871 e. The van der Waals surface area contributed by atoms with Gasteiger partial charge in [0.1, 0.15) is 31.3 Å². The summed E-state index contributed by atoms with van der Waals surface area (Å²) in [5.41, 5.74) is 23.7. The molecule has 0 unspecified atom stereocenters. The van der Waals surface area contributed by atoms with Crippen molar-refractivity contribution in [3.8, 4) is 11.5 Å². The van der Waals surface area contributed by atoms with E-state index in [2.05, 4.69) is 46.2 Å². The molecule has 30 heteroatoms. The zero-order valence-electron chi connectivity index (χ0n) is 38.8. The van der Waals surface area contributed by atoms with Crippen molar-refractivity contribution in [3.63, 3.8) is 0 Å². The molecule has 24 nitrogen and oxygen atoms in total. The first-order valence-electron chi connectivity index (χ1n) is 20.0. The number of nitrogen functional groups attached to an aromatic ring is 4. The molecule has 74 heavy (non-hydrogen) atoms. The third kappa shape index (κ3) is 13.6. The van der Waals surface area contributed by atoms with Crippen LogP contribution in [-0.2, 0) is 30.4 Å². The Morgan fingerprint density at radius 2 is 0.824 bits per heavy atom. The molecule has 0 aliphatic rings. The third-order valence-corrected chi connectivity index (χ3v) is 12.8. The van der Waals surface area contributed by atoms with E-state index in [0.717, 1.165) is 24.3 Å². The van der Waals surface area contributed by atoms with Crippen LogP contribution in [0.25, 0.3) is 21.5 Å². The SMILES string of the molecule is Nc1ccc(N=Nc2ccc3c([O-])c(N=Nc4ccc(Nc5ccc(N=Nc6c(S(=O)(=O)O)cc7cc(N=Nc8ccc(N)cc8N)ccc7c6[O-])cc5S(=O)(=O)[O-])cc4)c(S(=O)(=O)O)cc3c2)c(N)c1.[Na+].[Na+].[Na+]. The summed E-state index contributed by atoms with van der Waals surface area (Å²) in [6, 6.07) is 27.9. The maximum absolute atomic E-state index is 13.6. The van der Waals surface area contributed by atoms with Gasteiger partial charge in [0.15, 0.2) is 0 Å². The zero-order chi connectivity index (χ0) is 51.0. The molecule has 0 saturated carbocycles. The fourth-order valence-electron chi connectivity index (χ4n) is 6.77. The van der Waals surface area contributed by atoms with Crippen LogP contribution >= 0.6 is 0 Å². The largest absolute Gasteiger partial charge is 1.00 e. The molecule has 0 aliphatic heterocycles. The Balaban J connectivity index is 0.00000338. The molecule has 11 N–H and O–H groups in total. The van der Waals surface area contributed by atoms with Crippen LogP contribution in [0.4, 0.5) is 79.6 Å². The van der Waals surface area contributed by atoms with Gasteiger partial charge in [-0.05, 0) is 137 Å². The molecule has 0 atom stereocenters. The van der Waals surface area contributed by atoms with Crippen LogP contribution < -0.4 is 127 Å². The van der Waals surface area contributed by atoms with Crippen LogP contribution in [0.5, 0.6) is 11.5 Å². The normalized spacial score (nSPS) is 12.1. The maximum Gasteiger partial charge on any atom is 1.00 e. The molecule has 0 fully saturated rings. The van der Waals surface area contributed by atoms with Gasteiger partial charge in [0.05, 0.1) is 56.1 Å². The number of fused-ring (bicyclic) bond motifs is 2. The first-order valence-corrected chi connectivity index (χ1v) is 24.3.